The van der Waals surface area contributed by atoms with Crippen LogP contribution in [0.2, 0.25) is 0 Å². The minimum atomic E-state index is -0.615. The maximum atomic E-state index is 12.5. The van der Waals surface area contributed by atoms with Crippen molar-refractivity contribution in [2.24, 2.45) is 0 Å². The number of aromatic hydroxyl groups is 1. The second kappa shape index (κ2) is 8.52. The lowest BCUT2D eigenvalue weighted by molar-refractivity contribution is -0.118. The molecule has 24 heavy (non-hydrogen) atoms. The molecule has 0 spiro atoms. The van der Waals surface area contributed by atoms with Crippen molar-refractivity contribution < 1.29 is 24.2 Å². The van der Waals surface area contributed by atoms with Gasteiger partial charge in [0, 0.05) is 25.3 Å². The van der Waals surface area contributed by atoms with Crippen molar-refractivity contribution in [3.63, 3.8) is 0 Å². The molecule has 1 aromatic carbocycles. The fourth-order valence-electron chi connectivity index (χ4n) is 2.73. The van der Waals surface area contributed by atoms with Gasteiger partial charge >= 0.3 is 5.97 Å². The maximum Gasteiger partial charge on any atom is 0.342 e. The molecular formula is C19H24O5. The van der Waals surface area contributed by atoms with Gasteiger partial charge in [0.1, 0.15) is 28.9 Å². The number of Topliss-reactive ketones (excluding diaryl/α,β-unsaturated/α-hetero) is 1. The number of methoxy groups -OCH3 is 1. The van der Waals surface area contributed by atoms with Crippen LogP contribution in [0, 0.1) is 0 Å². The van der Waals surface area contributed by atoms with E-state index in [0.29, 0.717) is 24.2 Å². The molecule has 5 nitrogen and oxygen atoms in total. The monoisotopic (exact) mass is 332 g/mol. The highest BCUT2D eigenvalue weighted by molar-refractivity contribution is 5.96. The molecule has 1 atom stereocenters. The van der Waals surface area contributed by atoms with Gasteiger partial charge in [-0.3, -0.25) is 4.79 Å². The first kappa shape index (κ1) is 18.0. The van der Waals surface area contributed by atoms with E-state index >= 15 is 0 Å². The van der Waals surface area contributed by atoms with Crippen LogP contribution in [0.25, 0.3) is 0 Å². The van der Waals surface area contributed by atoms with E-state index in [1.165, 1.54) is 13.2 Å². The van der Waals surface area contributed by atoms with Crippen LogP contribution in [-0.4, -0.2) is 30.1 Å². The molecule has 0 fully saturated rings. The number of carbonyl (C=O) groups excluding carboxylic acids is 2. The summed E-state index contributed by atoms with van der Waals surface area (Å²) in [4.78, 5) is 24.7. The van der Waals surface area contributed by atoms with Gasteiger partial charge in [-0.25, -0.2) is 4.79 Å². The number of benzene rings is 1. The molecular weight excluding hydrogens is 308 g/mol. The van der Waals surface area contributed by atoms with Gasteiger partial charge in [0.2, 0.25) is 0 Å². The molecule has 1 N–H and O–H groups in total. The van der Waals surface area contributed by atoms with Crippen molar-refractivity contribution in [3.05, 3.63) is 35.4 Å². The molecule has 130 valence electrons. The summed E-state index contributed by atoms with van der Waals surface area (Å²) in [5.41, 5.74) is 0.499. The Morgan fingerprint density at radius 1 is 1.21 bits per heavy atom. The Morgan fingerprint density at radius 3 is 2.75 bits per heavy atom. The van der Waals surface area contributed by atoms with Gasteiger partial charge in [0.05, 0.1) is 7.11 Å². The second-order valence-electron chi connectivity index (χ2n) is 6.06. The van der Waals surface area contributed by atoms with Gasteiger partial charge in [-0.15, -0.1) is 0 Å². The van der Waals surface area contributed by atoms with Crippen LogP contribution in [0.5, 0.6) is 11.5 Å². The molecule has 0 radical (unpaired) electrons. The average molecular weight is 332 g/mol. The van der Waals surface area contributed by atoms with E-state index in [-0.39, 0.29) is 29.6 Å². The zero-order valence-corrected chi connectivity index (χ0v) is 14.2. The second-order valence-corrected chi connectivity index (χ2v) is 6.06. The lowest BCUT2D eigenvalue weighted by atomic mass is 9.98. The predicted octanol–water partition coefficient (Wildman–Crippen LogP) is 3.58. The summed E-state index contributed by atoms with van der Waals surface area (Å²) in [6, 6.07) is 2.98. The topological polar surface area (TPSA) is 72.8 Å². The molecule has 1 aliphatic rings. The van der Waals surface area contributed by atoms with E-state index in [1.54, 1.807) is 13.0 Å². The van der Waals surface area contributed by atoms with E-state index < -0.39 is 5.97 Å². The average Bonchev–Trinajstić information content (AvgIpc) is 2.52. The molecule has 0 amide bonds. The number of rotatable bonds is 1. The first-order valence-corrected chi connectivity index (χ1v) is 8.28. The molecule has 2 rings (SSSR count). The number of allylic oxidation sites excluding steroid dienone is 1. The highest BCUT2D eigenvalue weighted by Crippen LogP contribution is 2.30. The summed E-state index contributed by atoms with van der Waals surface area (Å²) in [7, 11) is 1.47. The van der Waals surface area contributed by atoms with E-state index in [1.807, 2.05) is 6.08 Å². The van der Waals surface area contributed by atoms with Gasteiger partial charge in [-0.1, -0.05) is 12.2 Å². The largest absolute Gasteiger partial charge is 0.507 e. The molecule has 0 saturated heterocycles. The molecule has 1 aliphatic heterocycles. The van der Waals surface area contributed by atoms with Crippen molar-refractivity contribution >= 4 is 11.8 Å². The van der Waals surface area contributed by atoms with Gasteiger partial charge in [0.15, 0.2) is 0 Å². The van der Waals surface area contributed by atoms with Gasteiger partial charge in [-0.05, 0) is 37.8 Å². The third-order valence-electron chi connectivity index (χ3n) is 4.02. The Labute approximate surface area is 142 Å². The summed E-state index contributed by atoms with van der Waals surface area (Å²) >= 11 is 0. The predicted molar refractivity (Wildman–Crippen MR) is 90.5 cm³/mol. The Morgan fingerprint density at radius 2 is 2.00 bits per heavy atom. The number of cyclic esters (lactones) is 1. The third-order valence-corrected chi connectivity index (χ3v) is 4.02. The summed E-state index contributed by atoms with van der Waals surface area (Å²) in [5, 5.41) is 10.2. The van der Waals surface area contributed by atoms with Crippen LogP contribution in [0.15, 0.2) is 24.3 Å². The SMILES string of the molecule is COc1cc(O)c2c(c1)CC(=O)CCCC/C=C/C[C@H](C)OC2=O. The van der Waals surface area contributed by atoms with Crippen molar-refractivity contribution in [1.82, 2.24) is 0 Å². The Balaban J connectivity index is 2.37. The fraction of sp³-hybridized carbons (Fsp3) is 0.474. The molecule has 0 saturated carbocycles. The third kappa shape index (κ3) is 4.85. The number of hydrogen-bond acceptors (Lipinski definition) is 5. The number of phenolic OH excluding ortho intramolecular Hbond substituents is 1. The minimum Gasteiger partial charge on any atom is -0.507 e. The van der Waals surface area contributed by atoms with E-state index in [9.17, 15) is 14.7 Å². The first-order chi connectivity index (χ1) is 11.5. The first-order valence-electron chi connectivity index (χ1n) is 8.28. The van der Waals surface area contributed by atoms with Gasteiger partial charge in [0.25, 0.3) is 0 Å². The highest BCUT2D eigenvalue weighted by atomic mass is 16.5. The van der Waals surface area contributed by atoms with Crippen LogP contribution in [0.1, 0.15) is 54.9 Å². The van der Waals surface area contributed by atoms with Crippen molar-refractivity contribution in [2.45, 2.75) is 51.6 Å². The number of fused-ring (bicyclic) bond motifs is 1. The number of ketones is 1. The quantitative estimate of drug-likeness (QED) is 0.628. The van der Waals surface area contributed by atoms with Gasteiger partial charge in [-0.2, -0.15) is 0 Å². The van der Waals surface area contributed by atoms with Crippen molar-refractivity contribution in [1.29, 1.82) is 0 Å². The number of carbonyl (C=O) groups is 2. The van der Waals surface area contributed by atoms with Crippen LogP contribution < -0.4 is 4.74 Å². The number of phenols is 1. The summed E-state index contributed by atoms with van der Waals surface area (Å²) < 4.78 is 10.5. The summed E-state index contributed by atoms with van der Waals surface area (Å²) in [5.74, 6) is -0.400. The van der Waals surface area contributed by atoms with Gasteiger partial charge < -0.3 is 14.6 Å². The number of ether oxygens (including phenoxy) is 2. The lowest BCUT2D eigenvalue weighted by Crippen LogP contribution is -2.17. The van der Waals surface area contributed by atoms with Crippen LogP contribution in [-0.2, 0) is 16.0 Å². The van der Waals surface area contributed by atoms with E-state index in [0.717, 1.165) is 19.3 Å². The van der Waals surface area contributed by atoms with E-state index in [4.69, 9.17) is 9.47 Å². The zero-order valence-electron chi connectivity index (χ0n) is 14.2. The molecule has 0 unspecified atom stereocenters. The standard InChI is InChI=1S/C19H24O5/c1-13-8-6-4-3-5-7-9-15(20)10-14-11-16(23-2)12-17(21)18(14)19(22)24-13/h4,6,11-13,21H,3,5,7-10H2,1-2H3/b6-4+/t13-/m0/s1. The minimum absolute atomic E-state index is 0.0331. The Hall–Kier alpha value is -2.30. The fourth-order valence-corrected chi connectivity index (χ4v) is 2.73. The highest BCUT2D eigenvalue weighted by Gasteiger charge is 2.23. The van der Waals surface area contributed by atoms with Crippen LogP contribution in [0.3, 0.4) is 0 Å². The molecule has 1 aromatic rings. The molecule has 1 heterocycles. The Bertz CT molecular complexity index is 633. The molecule has 5 heteroatoms. The van der Waals surface area contributed by atoms with Crippen molar-refractivity contribution in [3.8, 4) is 11.5 Å². The van der Waals surface area contributed by atoms with Crippen LogP contribution >= 0.6 is 0 Å². The zero-order chi connectivity index (χ0) is 17.5. The molecule has 0 bridgehead atoms. The maximum absolute atomic E-state index is 12.5. The lowest BCUT2D eigenvalue weighted by Gasteiger charge is -2.16. The molecule has 0 aromatic heterocycles. The van der Waals surface area contributed by atoms with Crippen molar-refractivity contribution in [2.75, 3.05) is 7.11 Å². The van der Waals surface area contributed by atoms with Crippen LogP contribution in [0.4, 0.5) is 0 Å². The Kier molecular flexibility index (Phi) is 6.41. The molecule has 0 aliphatic carbocycles. The number of esters is 1. The number of hydrogen-bond donors (Lipinski definition) is 1. The smallest absolute Gasteiger partial charge is 0.342 e. The summed E-state index contributed by atoms with van der Waals surface area (Å²) in [6.07, 6.45) is 7.58. The summed E-state index contributed by atoms with van der Waals surface area (Å²) in [6.45, 7) is 1.81. The normalized spacial score (nSPS) is 21.3. The van der Waals surface area contributed by atoms with E-state index in [2.05, 4.69) is 6.08 Å².